The molecule has 0 saturated carbocycles. The van der Waals surface area contributed by atoms with E-state index in [0.29, 0.717) is 5.69 Å². The Balaban J connectivity index is 1.62. The number of rotatable bonds is 5. The van der Waals surface area contributed by atoms with Crippen LogP contribution >= 0.6 is 0 Å². The topological polar surface area (TPSA) is 67.2 Å². The largest absolute Gasteiger partial charge is 0.416 e. The summed E-state index contributed by atoms with van der Waals surface area (Å²) in [6.45, 7) is 0.185. The van der Waals surface area contributed by atoms with Crippen molar-refractivity contribution in [3.8, 4) is 0 Å². The number of nitrogens with zero attached hydrogens (tertiary/aromatic N) is 3. The molecule has 1 fully saturated rings. The Kier molecular flexibility index (Phi) is 5.72. The lowest BCUT2D eigenvalue weighted by Crippen LogP contribution is -2.32. The Morgan fingerprint density at radius 1 is 1.03 bits per heavy atom. The summed E-state index contributed by atoms with van der Waals surface area (Å²) < 4.78 is 80.9. The van der Waals surface area contributed by atoms with Gasteiger partial charge >= 0.3 is 6.18 Å². The zero-order chi connectivity index (χ0) is 23.1. The van der Waals surface area contributed by atoms with Crippen LogP contribution in [-0.2, 0) is 23.2 Å². The number of sulfonamides is 1. The highest BCUT2D eigenvalue weighted by atomic mass is 32.2. The second-order valence-corrected chi connectivity index (χ2v) is 9.57. The van der Waals surface area contributed by atoms with Gasteiger partial charge in [0.25, 0.3) is 10.0 Å². The number of aromatic nitrogens is 2. The molecular weight excluding hydrogens is 448 g/mol. The van der Waals surface area contributed by atoms with Gasteiger partial charge in [-0.25, -0.2) is 17.8 Å². The summed E-state index contributed by atoms with van der Waals surface area (Å²) in [7, 11) is -2.22. The lowest BCUT2D eigenvalue weighted by molar-refractivity contribution is -0.137. The Morgan fingerprint density at radius 2 is 1.69 bits per heavy atom. The van der Waals surface area contributed by atoms with Gasteiger partial charge in [0.05, 0.1) is 11.9 Å². The molecule has 0 amide bonds. The van der Waals surface area contributed by atoms with Gasteiger partial charge in [-0.05, 0) is 42.0 Å². The molecule has 1 aromatic heterocycles. The molecule has 1 saturated heterocycles. The summed E-state index contributed by atoms with van der Waals surface area (Å²) in [5.74, 6) is -0.770. The molecule has 0 bridgehead atoms. The van der Waals surface area contributed by atoms with E-state index in [0.717, 1.165) is 17.7 Å². The fourth-order valence-corrected chi connectivity index (χ4v) is 5.24. The first kappa shape index (κ1) is 22.3. The van der Waals surface area contributed by atoms with Crippen LogP contribution in [-0.4, -0.2) is 41.4 Å². The summed E-state index contributed by atoms with van der Waals surface area (Å²) in [5, 5.41) is 3.06. The molecule has 0 radical (unpaired) electrons. The van der Waals surface area contributed by atoms with Gasteiger partial charge in [0.1, 0.15) is 5.82 Å². The summed E-state index contributed by atoms with van der Waals surface area (Å²) in [5.41, 5.74) is 0.366. The fourth-order valence-electron chi connectivity index (χ4n) is 3.78. The van der Waals surface area contributed by atoms with Crippen molar-refractivity contribution in [2.45, 2.75) is 23.2 Å². The quantitative estimate of drug-likeness (QED) is 0.578. The van der Waals surface area contributed by atoms with Crippen LogP contribution in [0.4, 0.5) is 23.2 Å². The standard InChI is InChI=1S/C21H20F4N4O2S/c1-28-12-20(26-13-28)32(30,31)29-10-18(14-2-6-16(22)7-3-14)19(11-29)27-17-8-4-15(5-9-17)21(23,24)25/h2-9,12-13,18-19,27H,10-11H2,1H3/t18-,19+/m1/s1. The van der Waals surface area contributed by atoms with E-state index < -0.39 is 33.6 Å². The van der Waals surface area contributed by atoms with Crippen LogP contribution in [0, 0.1) is 5.82 Å². The van der Waals surface area contributed by atoms with Crippen LogP contribution < -0.4 is 5.32 Å². The van der Waals surface area contributed by atoms with E-state index in [9.17, 15) is 26.0 Å². The summed E-state index contributed by atoms with van der Waals surface area (Å²) in [6, 6.07) is 9.84. The van der Waals surface area contributed by atoms with Crippen LogP contribution in [0.3, 0.4) is 0 Å². The van der Waals surface area contributed by atoms with Crippen LogP contribution in [0.2, 0.25) is 0 Å². The van der Waals surface area contributed by atoms with Crippen molar-refractivity contribution in [3.05, 3.63) is 78.0 Å². The first-order chi connectivity index (χ1) is 15.0. The number of aryl methyl sites for hydroxylation is 1. The summed E-state index contributed by atoms with van der Waals surface area (Å²) >= 11 is 0. The molecule has 6 nitrogen and oxygen atoms in total. The predicted molar refractivity (Wildman–Crippen MR) is 110 cm³/mol. The minimum absolute atomic E-state index is 0.0714. The second kappa shape index (κ2) is 8.21. The lowest BCUT2D eigenvalue weighted by atomic mass is 9.94. The van der Waals surface area contributed by atoms with Crippen LogP contribution in [0.5, 0.6) is 0 Å². The van der Waals surface area contributed by atoms with Crippen molar-refractivity contribution in [2.75, 3.05) is 18.4 Å². The maximum atomic E-state index is 13.4. The average Bonchev–Trinajstić information content (AvgIpc) is 3.36. The highest BCUT2D eigenvalue weighted by molar-refractivity contribution is 7.89. The molecule has 0 aliphatic carbocycles. The zero-order valence-corrected chi connectivity index (χ0v) is 17.7. The molecule has 2 aromatic carbocycles. The molecule has 3 aromatic rings. The molecule has 0 spiro atoms. The number of hydrogen-bond acceptors (Lipinski definition) is 4. The van der Waals surface area contributed by atoms with E-state index in [-0.39, 0.29) is 24.0 Å². The smallest absolute Gasteiger partial charge is 0.380 e. The third kappa shape index (κ3) is 4.49. The van der Waals surface area contributed by atoms with Crippen LogP contribution in [0.25, 0.3) is 0 Å². The molecule has 2 heterocycles. The van der Waals surface area contributed by atoms with Crippen molar-refractivity contribution < 1.29 is 26.0 Å². The summed E-state index contributed by atoms with van der Waals surface area (Å²) in [6.07, 6.45) is -1.66. The number of alkyl halides is 3. The van der Waals surface area contributed by atoms with E-state index >= 15 is 0 Å². The molecule has 0 unspecified atom stereocenters. The van der Waals surface area contributed by atoms with E-state index in [1.807, 2.05) is 0 Å². The predicted octanol–water partition coefficient (Wildman–Crippen LogP) is 3.85. The van der Waals surface area contributed by atoms with Crippen molar-refractivity contribution in [1.29, 1.82) is 0 Å². The molecule has 4 rings (SSSR count). The van der Waals surface area contributed by atoms with Crippen molar-refractivity contribution in [1.82, 2.24) is 13.9 Å². The maximum Gasteiger partial charge on any atom is 0.416 e. The Labute approximate surface area is 182 Å². The lowest BCUT2D eigenvalue weighted by Gasteiger charge is -2.21. The van der Waals surface area contributed by atoms with Gasteiger partial charge in [-0.15, -0.1) is 0 Å². The molecule has 170 valence electrons. The van der Waals surface area contributed by atoms with Crippen molar-refractivity contribution in [3.63, 3.8) is 0 Å². The second-order valence-electron chi connectivity index (χ2n) is 7.68. The first-order valence-electron chi connectivity index (χ1n) is 9.71. The number of hydrogen-bond donors (Lipinski definition) is 1. The van der Waals surface area contributed by atoms with E-state index in [1.54, 1.807) is 19.2 Å². The Hall–Kier alpha value is -2.92. The molecule has 11 heteroatoms. The highest BCUT2D eigenvalue weighted by Crippen LogP contribution is 2.34. The number of imidazole rings is 1. The van der Waals surface area contributed by atoms with E-state index in [1.165, 1.54) is 45.7 Å². The maximum absolute atomic E-state index is 13.4. The number of benzene rings is 2. The number of halogens is 4. The van der Waals surface area contributed by atoms with Gasteiger partial charge < -0.3 is 9.88 Å². The monoisotopic (exact) mass is 468 g/mol. The van der Waals surface area contributed by atoms with E-state index in [4.69, 9.17) is 0 Å². The Morgan fingerprint density at radius 3 is 2.25 bits per heavy atom. The highest BCUT2D eigenvalue weighted by Gasteiger charge is 2.41. The normalized spacial score (nSPS) is 19.9. The molecule has 1 N–H and O–H groups in total. The van der Waals surface area contributed by atoms with Gasteiger partial charge in [0.15, 0.2) is 5.03 Å². The third-order valence-corrected chi connectivity index (χ3v) is 7.15. The first-order valence-corrected chi connectivity index (χ1v) is 11.2. The van der Waals surface area contributed by atoms with E-state index in [2.05, 4.69) is 10.3 Å². The zero-order valence-electron chi connectivity index (χ0n) is 16.9. The number of anilines is 1. The van der Waals surface area contributed by atoms with Crippen molar-refractivity contribution >= 4 is 15.7 Å². The van der Waals surface area contributed by atoms with Gasteiger partial charge in [-0.3, -0.25) is 0 Å². The molecular formula is C21H20F4N4O2S. The van der Waals surface area contributed by atoms with Crippen molar-refractivity contribution in [2.24, 2.45) is 7.05 Å². The summed E-state index contributed by atoms with van der Waals surface area (Å²) in [4.78, 5) is 3.94. The fraction of sp³-hybridized carbons (Fsp3) is 0.286. The Bertz CT molecular complexity index is 1190. The van der Waals surface area contributed by atoms with Gasteiger partial charge in [-0.1, -0.05) is 12.1 Å². The number of nitrogens with one attached hydrogen (secondary N) is 1. The van der Waals surface area contributed by atoms with Crippen LogP contribution in [0.1, 0.15) is 17.0 Å². The van der Waals surface area contributed by atoms with Crippen LogP contribution in [0.15, 0.2) is 66.1 Å². The average molecular weight is 468 g/mol. The minimum Gasteiger partial charge on any atom is -0.380 e. The molecule has 32 heavy (non-hydrogen) atoms. The molecule has 1 aliphatic rings. The van der Waals surface area contributed by atoms with Gasteiger partial charge in [0.2, 0.25) is 0 Å². The van der Waals surface area contributed by atoms with Gasteiger partial charge in [0, 0.05) is 44.0 Å². The third-order valence-electron chi connectivity index (χ3n) is 5.43. The SMILES string of the molecule is Cn1cnc(S(=O)(=O)N2C[C@H](Nc3ccc(C(F)(F)F)cc3)[C@@H](c3ccc(F)cc3)C2)c1. The minimum atomic E-state index is -4.45. The van der Waals surface area contributed by atoms with Gasteiger partial charge in [-0.2, -0.15) is 17.5 Å². The molecule has 2 atom stereocenters. The molecule has 1 aliphatic heterocycles.